The van der Waals surface area contributed by atoms with E-state index in [4.69, 9.17) is 0 Å². The van der Waals surface area contributed by atoms with Crippen LogP contribution in [0.2, 0.25) is 0 Å². The molecule has 0 fully saturated rings. The average molecular weight is 359 g/mol. The molecule has 0 bridgehead atoms. The monoisotopic (exact) mass is 359 g/mol. The number of nitrogens with one attached hydrogen (secondary N) is 2. The van der Waals surface area contributed by atoms with E-state index in [-0.39, 0.29) is 18.4 Å². The number of rotatable bonds is 3. The first-order valence-corrected chi connectivity index (χ1v) is 9.43. The van der Waals surface area contributed by atoms with Crippen LogP contribution in [0.25, 0.3) is 0 Å². The Labute approximate surface area is 145 Å². The van der Waals surface area contributed by atoms with Crippen LogP contribution < -0.4 is 14.9 Å². The summed E-state index contributed by atoms with van der Waals surface area (Å²) in [6.45, 7) is 1.64. The van der Waals surface area contributed by atoms with Crippen LogP contribution in [0.1, 0.15) is 15.9 Å². The van der Waals surface area contributed by atoms with E-state index in [0.29, 0.717) is 28.2 Å². The summed E-state index contributed by atoms with van der Waals surface area (Å²) in [7, 11) is -3.46. The van der Waals surface area contributed by atoms with Gasteiger partial charge in [-0.05, 0) is 36.8 Å². The fourth-order valence-corrected chi connectivity index (χ4v) is 3.25. The summed E-state index contributed by atoms with van der Waals surface area (Å²) >= 11 is 0. The quantitative estimate of drug-likeness (QED) is 0.876. The van der Waals surface area contributed by atoms with Crippen LogP contribution in [-0.2, 0) is 14.8 Å². The zero-order valence-electron chi connectivity index (χ0n) is 13.7. The second kappa shape index (κ2) is 6.21. The Hall–Kier alpha value is -2.87. The van der Waals surface area contributed by atoms with Crippen molar-refractivity contribution in [3.63, 3.8) is 0 Å². The number of amides is 2. The smallest absolute Gasteiger partial charge is 0.258 e. The molecule has 0 spiro atoms. The lowest BCUT2D eigenvalue weighted by atomic mass is 10.1. The molecule has 2 amide bonds. The van der Waals surface area contributed by atoms with Crippen molar-refractivity contribution in [3.05, 3.63) is 53.6 Å². The predicted octanol–water partition coefficient (Wildman–Crippen LogP) is 1.97. The molecule has 3 rings (SSSR count). The van der Waals surface area contributed by atoms with Gasteiger partial charge in [-0.15, -0.1) is 0 Å². The van der Waals surface area contributed by atoms with E-state index in [1.54, 1.807) is 43.3 Å². The number of benzene rings is 2. The number of nitrogens with zero attached hydrogens (tertiary/aromatic N) is 1. The van der Waals surface area contributed by atoms with Gasteiger partial charge in [-0.2, -0.15) is 0 Å². The Kier molecular flexibility index (Phi) is 4.22. The topological polar surface area (TPSA) is 95.6 Å². The van der Waals surface area contributed by atoms with Crippen molar-refractivity contribution >= 4 is 38.9 Å². The van der Waals surface area contributed by atoms with Crippen LogP contribution in [-0.4, -0.2) is 33.0 Å². The van der Waals surface area contributed by atoms with Crippen molar-refractivity contribution in [1.29, 1.82) is 0 Å². The van der Waals surface area contributed by atoms with Crippen LogP contribution in [0.3, 0.4) is 0 Å². The molecule has 0 aromatic heterocycles. The second-order valence-electron chi connectivity index (χ2n) is 5.86. The van der Waals surface area contributed by atoms with Crippen molar-refractivity contribution < 1.29 is 18.0 Å². The zero-order valence-corrected chi connectivity index (χ0v) is 14.6. The van der Waals surface area contributed by atoms with E-state index >= 15 is 0 Å². The molecule has 25 heavy (non-hydrogen) atoms. The molecule has 2 N–H and O–H groups in total. The Balaban J connectivity index is 1.99. The molecule has 1 aliphatic rings. The minimum atomic E-state index is -3.46. The van der Waals surface area contributed by atoms with Gasteiger partial charge in [-0.1, -0.05) is 18.2 Å². The maximum absolute atomic E-state index is 12.9. The highest BCUT2D eigenvalue weighted by Crippen LogP contribution is 2.30. The third kappa shape index (κ3) is 3.63. The molecular weight excluding hydrogens is 342 g/mol. The van der Waals surface area contributed by atoms with Gasteiger partial charge in [-0.3, -0.25) is 19.2 Å². The average Bonchev–Trinajstić information content (AvgIpc) is 2.54. The molecule has 2 aromatic carbocycles. The van der Waals surface area contributed by atoms with E-state index < -0.39 is 10.0 Å². The van der Waals surface area contributed by atoms with Gasteiger partial charge in [0.05, 0.1) is 23.3 Å². The first-order valence-electron chi connectivity index (χ1n) is 7.54. The summed E-state index contributed by atoms with van der Waals surface area (Å²) in [5.74, 6) is -0.660. The third-order valence-corrected chi connectivity index (χ3v) is 4.39. The molecule has 8 heteroatoms. The van der Waals surface area contributed by atoms with E-state index in [1.807, 2.05) is 0 Å². The molecule has 7 nitrogen and oxygen atoms in total. The van der Waals surface area contributed by atoms with Gasteiger partial charge in [0.2, 0.25) is 15.9 Å². The van der Waals surface area contributed by atoms with Gasteiger partial charge in [0, 0.05) is 5.56 Å². The lowest BCUT2D eigenvalue weighted by molar-refractivity contribution is -0.115. The van der Waals surface area contributed by atoms with E-state index in [1.165, 1.54) is 11.0 Å². The highest BCUT2D eigenvalue weighted by atomic mass is 32.2. The summed E-state index contributed by atoms with van der Waals surface area (Å²) in [4.78, 5) is 26.2. The molecule has 0 saturated heterocycles. The fraction of sp³-hybridized carbons (Fsp3) is 0.176. The SMILES string of the molecule is Cc1ccc(C(=O)N2CC(=O)Nc3ccccc32)cc1NS(C)(=O)=O. The number of sulfonamides is 1. The number of carbonyl (C=O) groups excluding carboxylic acids is 2. The lowest BCUT2D eigenvalue weighted by Crippen LogP contribution is -2.42. The van der Waals surface area contributed by atoms with Crippen LogP contribution in [0.4, 0.5) is 17.1 Å². The van der Waals surface area contributed by atoms with Crippen LogP contribution in [0, 0.1) is 6.92 Å². The zero-order chi connectivity index (χ0) is 18.2. The highest BCUT2D eigenvalue weighted by Gasteiger charge is 2.27. The normalized spacial score (nSPS) is 13.8. The van der Waals surface area contributed by atoms with Gasteiger partial charge >= 0.3 is 0 Å². The van der Waals surface area contributed by atoms with Crippen molar-refractivity contribution in [2.24, 2.45) is 0 Å². The van der Waals surface area contributed by atoms with Gasteiger partial charge in [0.1, 0.15) is 6.54 Å². The number of carbonyl (C=O) groups is 2. The molecule has 130 valence electrons. The summed E-state index contributed by atoms with van der Waals surface area (Å²) in [5, 5.41) is 2.72. The largest absolute Gasteiger partial charge is 0.323 e. The van der Waals surface area contributed by atoms with Crippen molar-refractivity contribution in [2.75, 3.05) is 27.7 Å². The van der Waals surface area contributed by atoms with E-state index in [0.717, 1.165) is 6.26 Å². The van der Waals surface area contributed by atoms with Gasteiger partial charge in [-0.25, -0.2) is 8.42 Å². The lowest BCUT2D eigenvalue weighted by Gasteiger charge is -2.29. The van der Waals surface area contributed by atoms with E-state index in [2.05, 4.69) is 10.0 Å². The molecule has 0 aliphatic carbocycles. The first kappa shape index (κ1) is 17.0. The molecule has 0 unspecified atom stereocenters. The molecular formula is C17H17N3O4S. The minimum Gasteiger partial charge on any atom is -0.323 e. The Morgan fingerprint density at radius 3 is 2.64 bits per heavy atom. The Morgan fingerprint density at radius 2 is 1.92 bits per heavy atom. The fourth-order valence-electron chi connectivity index (χ4n) is 2.63. The summed E-state index contributed by atoms with van der Waals surface area (Å²) in [6.07, 6.45) is 1.05. The first-order chi connectivity index (χ1) is 11.7. The number of anilines is 3. The molecule has 2 aromatic rings. The Morgan fingerprint density at radius 1 is 1.20 bits per heavy atom. The molecule has 1 aliphatic heterocycles. The molecule has 1 heterocycles. The molecule has 0 saturated carbocycles. The van der Waals surface area contributed by atoms with Crippen molar-refractivity contribution in [1.82, 2.24) is 0 Å². The van der Waals surface area contributed by atoms with Gasteiger partial charge in [0.15, 0.2) is 0 Å². The Bertz CT molecular complexity index is 970. The molecule has 0 atom stereocenters. The predicted molar refractivity (Wildman–Crippen MR) is 96.4 cm³/mol. The van der Waals surface area contributed by atoms with E-state index in [9.17, 15) is 18.0 Å². The van der Waals surface area contributed by atoms with Crippen LogP contribution >= 0.6 is 0 Å². The number of aryl methyl sites for hydroxylation is 1. The number of hydrogen-bond donors (Lipinski definition) is 2. The number of para-hydroxylation sites is 2. The van der Waals surface area contributed by atoms with Gasteiger partial charge in [0.25, 0.3) is 5.91 Å². The maximum atomic E-state index is 12.9. The second-order valence-corrected chi connectivity index (χ2v) is 7.61. The molecule has 0 radical (unpaired) electrons. The van der Waals surface area contributed by atoms with Crippen molar-refractivity contribution in [2.45, 2.75) is 6.92 Å². The summed E-state index contributed by atoms with van der Waals surface area (Å²) < 4.78 is 25.4. The number of hydrogen-bond acceptors (Lipinski definition) is 4. The minimum absolute atomic E-state index is 0.0986. The van der Waals surface area contributed by atoms with Crippen LogP contribution in [0.15, 0.2) is 42.5 Å². The summed E-state index contributed by atoms with van der Waals surface area (Å²) in [6, 6.07) is 11.8. The standard InChI is InChI=1S/C17H17N3O4S/c1-11-7-8-12(9-14(11)19-25(2,23)24)17(22)20-10-16(21)18-13-5-3-4-6-15(13)20/h3-9,19H,10H2,1-2H3,(H,18,21). The van der Waals surface area contributed by atoms with Crippen molar-refractivity contribution in [3.8, 4) is 0 Å². The third-order valence-electron chi connectivity index (χ3n) is 3.80. The van der Waals surface area contributed by atoms with Gasteiger partial charge < -0.3 is 5.32 Å². The maximum Gasteiger partial charge on any atom is 0.258 e. The van der Waals surface area contributed by atoms with Crippen LogP contribution in [0.5, 0.6) is 0 Å². The summed E-state index contributed by atoms with van der Waals surface area (Å²) in [5.41, 5.74) is 2.49. The highest BCUT2D eigenvalue weighted by molar-refractivity contribution is 7.92. The number of fused-ring (bicyclic) bond motifs is 1.